The van der Waals surface area contributed by atoms with E-state index in [0.717, 1.165) is 5.56 Å². The highest BCUT2D eigenvalue weighted by Gasteiger charge is 2.25. The van der Waals surface area contributed by atoms with E-state index in [1.807, 2.05) is 30.3 Å². The van der Waals surface area contributed by atoms with E-state index in [1.54, 1.807) is 27.7 Å². The van der Waals surface area contributed by atoms with Crippen molar-refractivity contribution in [1.29, 1.82) is 0 Å². The van der Waals surface area contributed by atoms with Crippen molar-refractivity contribution < 1.29 is 14.4 Å². The van der Waals surface area contributed by atoms with Crippen LogP contribution in [0.4, 0.5) is 0 Å². The molecule has 0 aliphatic heterocycles. The fourth-order valence-corrected chi connectivity index (χ4v) is 1.33. The third kappa shape index (κ3) is 5.40. The largest absolute Gasteiger partial charge is 0.344 e. The molecule has 0 spiro atoms. The molecule has 0 saturated carbocycles. The number of nitrogens with one attached hydrogen (secondary N) is 2. The monoisotopic (exact) mass is 278 g/mol. The van der Waals surface area contributed by atoms with Crippen LogP contribution in [0, 0.1) is 5.41 Å². The van der Waals surface area contributed by atoms with E-state index < -0.39 is 11.5 Å². The number of benzene rings is 1. The van der Waals surface area contributed by atoms with Gasteiger partial charge in [-0.05, 0) is 12.5 Å². The van der Waals surface area contributed by atoms with Crippen LogP contribution in [0.15, 0.2) is 30.3 Å². The van der Waals surface area contributed by atoms with Gasteiger partial charge in [-0.1, -0.05) is 51.1 Å². The minimum Gasteiger partial charge on any atom is -0.344 e. The Morgan fingerprint density at radius 2 is 1.80 bits per heavy atom. The van der Waals surface area contributed by atoms with Gasteiger partial charge in [-0.2, -0.15) is 0 Å². The van der Waals surface area contributed by atoms with Crippen molar-refractivity contribution in [2.24, 2.45) is 5.41 Å². The highest BCUT2D eigenvalue weighted by molar-refractivity contribution is 5.88. The Labute approximate surface area is 119 Å². The second kappa shape index (κ2) is 7.05. The maximum atomic E-state index is 11.7. The molecule has 1 atom stereocenters. The average Bonchev–Trinajstić information content (AvgIpc) is 2.38. The molecule has 1 rings (SSSR count). The van der Waals surface area contributed by atoms with Crippen LogP contribution in [0.1, 0.15) is 33.3 Å². The first-order chi connectivity index (χ1) is 9.30. The van der Waals surface area contributed by atoms with Gasteiger partial charge in [0, 0.05) is 5.41 Å². The standard InChI is InChI=1S/C15H22N2O3/c1-11(16-14(19)15(2,3)4)13(18)17-20-10-12-8-6-5-7-9-12/h5-9,11H,10H2,1-4H3,(H,16,19)(H,17,18). The lowest BCUT2D eigenvalue weighted by Gasteiger charge is -2.21. The van der Waals surface area contributed by atoms with Gasteiger partial charge in [-0.3, -0.25) is 14.4 Å². The van der Waals surface area contributed by atoms with Gasteiger partial charge in [0.05, 0.1) is 6.61 Å². The molecule has 20 heavy (non-hydrogen) atoms. The number of hydrogen-bond donors (Lipinski definition) is 2. The lowest BCUT2D eigenvalue weighted by atomic mass is 9.95. The minimum atomic E-state index is -0.641. The first-order valence-electron chi connectivity index (χ1n) is 6.57. The SMILES string of the molecule is CC(NC(=O)C(C)(C)C)C(=O)NOCc1ccccc1. The van der Waals surface area contributed by atoms with Gasteiger partial charge in [0.2, 0.25) is 5.91 Å². The molecule has 0 aromatic heterocycles. The molecule has 110 valence electrons. The smallest absolute Gasteiger partial charge is 0.265 e. The van der Waals surface area contributed by atoms with Crippen molar-refractivity contribution in [2.45, 2.75) is 40.3 Å². The number of carbonyl (C=O) groups excluding carboxylic acids is 2. The average molecular weight is 278 g/mol. The second-order valence-corrected chi connectivity index (χ2v) is 5.69. The fourth-order valence-electron chi connectivity index (χ4n) is 1.33. The maximum absolute atomic E-state index is 11.7. The van der Waals surface area contributed by atoms with Gasteiger partial charge in [0.1, 0.15) is 6.04 Å². The van der Waals surface area contributed by atoms with Crippen LogP contribution in [0.25, 0.3) is 0 Å². The topological polar surface area (TPSA) is 67.4 Å². The Bertz CT molecular complexity index is 452. The molecule has 1 aromatic carbocycles. The zero-order valence-corrected chi connectivity index (χ0v) is 12.4. The number of amides is 2. The van der Waals surface area contributed by atoms with Crippen molar-refractivity contribution in [2.75, 3.05) is 0 Å². The summed E-state index contributed by atoms with van der Waals surface area (Å²) in [6.45, 7) is 7.27. The van der Waals surface area contributed by atoms with Crippen LogP contribution in [0.5, 0.6) is 0 Å². The summed E-state index contributed by atoms with van der Waals surface area (Å²) in [4.78, 5) is 28.6. The molecule has 5 nitrogen and oxygen atoms in total. The zero-order chi connectivity index (χ0) is 15.2. The van der Waals surface area contributed by atoms with E-state index in [-0.39, 0.29) is 18.4 Å². The number of carbonyl (C=O) groups is 2. The number of hydrogen-bond acceptors (Lipinski definition) is 3. The third-order valence-corrected chi connectivity index (χ3v) is 2.68. The summed E-state index contributed by atoms with van der Waals surface area (Å²) in [5, 5.41) is 2.64. The van der Waals surface area contributed by atoms with Gasteiger partial charge in [0.15, 0.2) is 0 Å². The fraction of sp³-hybridized carbons (Fsp3) is 0.467. The lowest BCUT2D eigenvalue weighted by Crippen LogP contribution is -2.48. The molecule has 0 heterocycles. The van der Waals surface area contributed by atoms with Gasteiger partial charge in [-0.25, -0.2) is 5.48 Å². The van der Waals surface area contributed by atoms with E-state index in [4.69, 9.17) is 4.84 Å². The molecule has 0 aliphatic rings. The van der Waals surface area contributed by atoms with Crippen LogP contribution < -0.4 is 10.8 Å². The Kier molecular flexibility index (Phi) is 5.70. The van der Waals surface area contributed by atoms with Crippen molar-refractivity contribution >= 4 is 11.8 Å². The lowest BCUT2D eigenvalue weighted by molar-refractivity contribution is -0.140. The second-order valence-electron chi connectivity index (χ2n) is 5.69. The van der Waals surface area contributed by atoms with Crippen LogP contribution in [0.2, 0.25) is 0 Å². The first kappa shape index (κ1) is 16.2. The molecular formula is C15H22N2O3. The van der Waals surface area contributed by atoms with Crippen molar-refractivity contribution in [3.8, 4) is 0 Å². The first-order valence-corrected chi connectivity index (χ1v) is 6.57. The Morgan fingerprint density at radius 3 is 2.35 bits per heavy atom. The van der Waals surface area contributed by atoms with E-state index >= 15 is 0 Å². The summed E-state index contributed by atoms with van der Waals surface area (Å²) >= 11 is 0. The summed E-state index contributed by atoms with van der Waals surface area (Å²) < 4.78 is 0. The summed E-state index contributed by atoms with van der Waals surface area (Å²) in [6.07, 6.45) is 0. The quantitative estimate of drug-likeness (QED) is 0.807. The summed E-state index contributed by atoms with van der Waals surface area (Å²) in [5.74, 6) is -0.554. The highest BCUT2D eigenvalue weighted by atomic mass is 16.6. The molecular weight excluding hydrogens is 256 g/mol. The van der Waals surface area contributed by atoms with Gasteiger partial charge in [0.25, 0.3) is 5.91 Å². The van der Waals surface area contributed by atoms with E-state index in [0.29, 0.717) is 0 Å². The molecule has 0 aliphatic carbocycles. The van der Waals surface area contributed by atoms with Crippen LogP contribution >= 0.6 is 0 Å². The summed E-state index contributed by atoms with van der Waals surface area (Å²) in [5.41, 5.74) is 2.76. The molecule has 5 heteroatoms. The van der Waals surface area contributed by atoms with Crippen LogP contribution in [0.3, 0.4) is 0 Å². The Hall–Kier alpha value is -1.88. The molecule has 0 radical (unpaired) electrons. The van der Waals surface area contributed by atoms with Gasteiger partial charge >= 0.3 is 0 Å². The molecule has 1 aromatic rings. The summed E-state index contributed by atoms with van der Waals surface area (Å²) in [6, 6.07) is 8.86. The van der Waals surface area contributed by atoms with Crippen LogP contribution in [-0.4, -0.2) is 17.9 Å². The van der Waals surface area contributed by atoms with Crippen molar-refractivity contribution in [3.63, 3.8) is 0 Å². The third-order valence-electron chi connectivity index (χ3n) is 2.68. The summed E-state index contributed by atoms with van der Waals surface area (Å²) in [7, 11) is 0. The van der Waals surface area contributed by atoms with E-state index in [9.17, 15) is 9.59 Å². The maximum Gasteiger partial charge on any atom is 0.265 e. The van der Waals surface area contributed by atoms with Crippen molar-refractivity contribution in [3.05, 3.63) is 35.9 Å². The predicted molar refractivity (Wildman–Crippen MR) is 76.4 cm³/mol. The Morgan fingerprint density at radius 1 is 1.20 bits per heavy atom. The van der Waals surface area contributed by atoms with E-state index in [1.165, 1.54) is 0 Å². The number of rotatable bonds is 5. The van der Waals surface area contributed by atoms with E-state index in [2.05, 4.69) is 10.8 Å². The number of hydroxylamine groups is 1. The molecule has 0 saturated heterocycles. The molecule has 1 unspecified atom stereocenters. The minimum absolute atomic E-state index is 0.178. The zero-order valence-electron chi connectivity index (χ0n) is 12.4. The van der Waals surface area contributed by atoms with Gasteiger partial charge < -0.3 is 5.32 Å². The van der Waals surface area contributed by atoms with Crippen molar-refractivity contribution in [1.82, 2.24) is 10.8 Å². The normalized spacial score (nSPS) is 12.6. The Balaban J connectivity index is 2.34. The molecule has 0 fully saturated rings. The van der Waals surface area contributed by atoms with Crippen LogP contribution in [-0.2, 0) is 21.0 Å². The van der Waals surface area contributed by atoms with Gasteiger partial charge in [-0.15, -0.1) is 0 Å². The molecule has 2 N–H and O–H groups in total. The predicted octanol–water partition coefficient (Wildman–Crippen LogP) is 1.79. The molecule has 2 amide bonds. The molecule has 0 bridgehead atoms. The highest BCUT2D eigenvalue weighted by Crippen LogP contribution is 2.12.